The lowest BCUT2D eigenvalue weighted by molar-refractivity contribution is 0.0801. The van der Waals surface area contributed by atoms with Crippen LogP contribution < -0.4 is 9.62 Å². The molecular weight excluding hydrogens is 420 g/mol. The standard InChI is InChI=1S/C26H30N2O3S/c1-3-19-17-18-20-11-8-9-15-24(20)28(23(19)4-2)25-16-10-14-22(26(25)29)27-32(30,31)21-12-6-5-7-13-21/h3-9,11-13,15,22,25-27,29H,1-2,10,14,16-18H2. The van der Waals surface area contributed by atoms with Crippen LogP contribution in [0.15, 0.2) is 96.1 Å². The quantitative estimate of drug-likeness (QED) is 0.688. The lowest BCUT2D eigenvalue weighted by Gasteiger charge is -2.43. The van der Waals surface area contributed by atoms with Gasteiger partial charge in [0.1, 0.15) is 0 Å². The number of allylic oxidation sites excluding steroid dienone is 3. The average molecular weight is 451 g/mol. The Morgan fingerprint density at radius 3 is 2.41 bits per heavy atom. The van der Waals surface area contributed by atoms with Gasteiger partial charge in [-0.1, -0.05) is 55.6 Å². The first-order valence-corrected chi connectivity index (χ1v) is 12.5. The van der Waals surface area contributed by atoms with E-state index >= 15 is 0 Å². The summed E-state index contributed by atoms with van der Waals surface area (Å²) in [7, 11) is -3.73. The first-order chi connectivity index (χ1) is 15.5. The fraction of sp³-hybridized carbons (Fsp3) is 0.308. The molecule has 2 aromatic rings. The van der Waals surface area contributed by atoms with E-state index < -0.39 is 22.2 Å². The van der Waals surface area contributed by atoms with Gasteiger partial charge in [-0.25, -0.2) is 13.1 Å². The van der Waals surface area contributed by atoms with E-state index in [4.69, 9.17) is 0 Å². The molecule has 3 atom stereocenters. The Labute approximate surface area is 190 Å². The van der Waals surface area contributed by atoms with Crippen molar-refractivity contribution in [2.24, 2.45) is 0 Å². The molecule has 5 nitrogen and oxygen atoms in total. The minimum atomic E-state index is -3.73. The van der Waals surface area contributed by atoms with Crippen molar-refractivity contribution in [3.05, 3.63) is 96.7 Å². The molecule has 1 saturated carbocycles. The van der Waals surface area contributed by atoms with Crippen molar-refractivity contribution in [2.45, 2.75) is 55.2 Å². The van der Waals surface area contributed by atoms with Crippen molar-refractivity contribution < 1.29 is 13.5 Å². The number of aryl methyl sites for hydroxylation is 1. The first kappa shape index (κ1) is 22.5. The third kappa shape index (κ3) is 4.31. The zero-order valence-electron chi connectivity index (χ0n) is 18.2. The van der Waals surface area contributed by atoms with E-state index in [-0.39, 0.29) is 10.9 Å². The molecule has 2 N–H and O–H groups in total. The van der Waals surface area contributed by atoms with Gasteiger partial charge < -0.3 is 10.0 Å². The largest absolute Gasteiger partial charge is 0.389 e. The summed E-state index contributed by atoms with van der Waals surface area (Å²) in [5.41, 5.74) is 4.24. The number of hydrogen-bond donors (Lipinski definition) is 2. The summed E-state index contributed by atoms with van der Waals surface area (Å²) >= 11 is 0. The van der Waals surface area contributed by atoms with Crippen molar-refractivity contribution in [1.82, 2.24) is 4.72 Å². The Morgan fingerprint density at radius 2 is 1.69 bits per heavy atom. The Hall–Kier alpha value is -2.67. The second-order valence-corrected chi connectivity index (χ2v) is 10.1. The minimum Gasteiger partial charge on any atom is -0.389 e. The van der Waals surface area contributed by atoms with E-state index in [1.165, 1.54) is 5.56 Å². The molecule has 3 unspecified atom stereocenters. The molecule has 0 saturated heterocycles. The molecule has 32 heavy (non-hydrogen) atoms. The maximum absolute atomic E-state index is 12.9. The number of aliphatic hydroxyl groups excluding tert-OH is 1. The van der Waals surface area contributed by atoms with Gasteiger partial charge in [0.05, 0.1) is 23.1 Å². The summed E-state index contributed by atoms with van der Waals surface area (Å²) in [6, 6.07) is 15.6. The third-order valence-electron chi connectivity index (χ3n) is 6.46. The molecule has 6 heteroatoms. The second-order valence-electron chi connectivity index (χ2n) is 8.35. The van der Waals surface area contributed by atoms with E-state index in [1.54, 1.807) is 30.3 Å². The van der Waals surface area contributed by atoms with Gasteiger partial charge in [-0.15, -0.1) is 0 Å². The van der Waals surface area contributed by atoms with Gasteiger partial charge in [0.15, 0.2) is 0 Å². The van der Waals surface area contributed by atoms with Crippen LogP contribution in [0.2, 0.25) is 0 Å². The van der Waals surface area contributed by atoms with Gasteiger partial charge in [-0.3, -0.25) is 0 Å². The highest BCUT2D eigenvalue weighted by Gasteiger charge is 2.40. The number of nitrogens with zero attached hydrogens (tertiary/aromatic N) is 1. The number of nitrogens with one attached hydrogen (secondary N) is 1. The van der Waals surface area contributed by atoms with Crippen LogP contribution in [-0.2, 0) is 16.4 Å². The summed E-state index contributed by atoms with van der Waals surface area (Å²) in [6.07, 6.45) is 6.65. The van der Waals surface area contributed by atoms with Gasteiger partial charge in [0.2, 0.25) is 10.0 Å². The predicted molar refractivity (Wildman–Crippen MR) is 129 cm³/mol. The van der Waals surface area contributed by atoms with Crippen LogP contribution in [-0.4, -0.2) is 31.7 Å². The number of aliphatic hydroxyl groups is 1. The van der Waals surface area contributed by atoms with Crippen molar-refractivity contribution in [3.8, 4) is 0 Å². The monoisotopic (exact) mass is 450 g/mol. The molecule has 1 aliphatic heterocycles. The fourth-order valence-electron chi connectivity index (χ4n) is 4.87. The highest BCUT2D eigenvalue weighted by atomic mass is 32.2. The molecule has 1 heterocycles. The molecule has 0 aromatic heterocycles. The Kier molecular flexibility index (Phi) is 6.65. The van der Waals surface area contributed by atoms with Crippen LogP contribution in [0.25, 0.3) is 0 Å². The molecular formula is C26H30N2O3S. The highest BCUT2D eigenvalue weighted by molar-refractivity contribution is 7.89. The number of rotatable bonds is 6. The molecule has 4 rings (SSSR count). The lowest BCUT2D eigenvalue weighted by Crippen LogP contribution is -2.56. The summed E-state index contributed by atoms with van der Waals surface area (Å²) in [6.45, 7) is 8.04. The lowest BCUT2D eigenvalue weighted by atomic mass is 9.86. The van der Waals surface area contributed by atoms with Crippen LogP contribution in [0.3, 0.4) is 0 Å². The van der Waals surface area contributed by atoms with E-state index in [2.05, 4.69) is 34.9 Å². The normalized spacial score (nSPS) is 23.9. The number of benzene rings is 2. The van der Waals surface area contributed by atoms with Gasteiger partial charge in [-0.05, 0) is 67.5 Å². The molecule has 2 aromatic carbocycles. The molecule has 0 bridgehead atoms. The van der Waals surface area contributed by atoms with Crippen LogP contribution in [0.1, 0.15) is 31.2 Å². The van der Waals surface area contributed by atoms with Crippen molar-refractivity contribution in [3.63, 3.8) is 0 Å². The summed E-state index contributed by atoms with van der Waals surface area (Å²) < 4.78 is 28.6. The molecule has 2 aliphatic rings. The molecule has 168 valence electrons. The molecule has 1 fully saturated rings. The SMILES string of the molecule is C=CC1=C(C=C)N(C2CCCC(NS(=O)(=O)c3ccccc3)C2O)c2ccccc2CC1. The Balaban J connectivity index is 1.70. The minimum absolute atomic E-state index is 0.204. The third-order valence-corrected chi connectivity index (χ3v) is 7.96. The van der Waals surface area contributed by atoms with Crippen LogP contribution in [0.5, 0.6) is 0 Å². The smallest absolute Gasteiger partial charge is 0.240 e. The summed E-state index contributed by atoms with van der Waals surface area (Å²) in [5, 5.41) is 11.4. The molecule has 0 radical (unpaired) electrons. The average Bonchev–Trinajstić information content (AvgIpc) is 2.97. The predicted octanol–water partition coefficient (Wildman–Crippen LogP) is 4.33. The number of hydrogen-bond acceptors (Lipinski definition) is 4. The number of fused-ring (bicyclic) bond motifs is 1. The second kappa shape index (κ2) is 9.45. The van der Waals surface area contributed by atoms with E-state index in [1.807, 2.05) is 24.3 Å². The van der Waals surface area contributed by atoms with E-state index in [9.17, 15) is 13.5 Å². The Morgan fingerprint density at radius 1 is 0.969 bits per heavy atom. The van der Waals surface area contributed by atoms with Gasteiger partial charge >= 0.3 is 0 Å². The summed E-state index contributed by atoms with van der Waals surface area (Å²) in [4.78, 5) is 2.36. The van der Waals surface area contributed by atoms with Crippen LogP contribution >= 0.6 is 0 Å². The van der Waals surface area contributed by atoms with E-state index in [0.717, 1.165) is 42.6 Å². The number of sulfonamides is 1. The first-order valence-electron chi connectivity index (χ1n) is 11.1. The zero-order chi connectivity index (χ0) is 22.7. The highest BCUT2D eigenvalue weighted by Crippen LogP contribution is 2.38. The maximum atomic E-state index is 12.9. The van der Waals surface area contributed by atoms with E-state index in [0.29, 0.717) is 6.42 Å². The molecule has 0 amide bonds. The van der Waals surface area contributed by atoms with Gasteiger partial charge in [-0.2, -0.15) is 0 Å². The summed E-state index contributed by atoms with van der Waals surface area (Å²) in [5.74, 6) is 0. The fourth-order valence-corrected chi connectivity index (χ4v) is 6.17. The van der Waals surface area contributed by atoms with Gasteiger partial charge in [0.25, 0.3) is 0 Å². The topological polar surface area (TPSA) is 69.6 Å². The molecule has 1 aliphatic carbocycles. The van der Waals surface area contributed by atoms with Crippen molar-refractivity contribution in [1.29, 1.82) is 0 Å². The number of anilines is 1. The number of para-hydroxylation sites is 1. The molecule has 0 spiro atoms. The van der Waals surface area contributed by atoms with Crippen LogP contribution in [0.4, 0.5) is 5.69 Å². The van der Waals surface area contributed by atoms with Crippen molar-refractivity contribution >= 4 is 15.7 Å². The zero-order valence-corrected chi connectivity index (χ0v) is 19.0. The van der Waals surface area contributed by atoms with Crippen molar-refractivity contribution in [2.75, 3.05) is 4.90 Å². The van der Waals surface area contributed by atoms with Crippen LogP contribution in [0, 0.1) is 0 Å². The maximum Gasteiger partial charge on any atom is 0.240 e. The van der Waals surface area contributed by atoms with Gasteiger partial charge in [0, 0.05) is 11.4 Å². The Bertz CT molecular complexity index is 1120.